The SMILES string of the molecule is O=C1C[C@@H](O)C[C@@H]2[C@@H]3C[C@H](CN12)[C@@H]1CCCCN1C3. The lowest BCUT2D eigenvalue weighted by Gasteiger charge is -2.57. The molecule has 0 unspecified atom stereocenters. The first-order chi connectivity index (χ1) is 9.22. The van der Waals surface area contributed by atoms with Crippen molar-refractivity contribution in [2.75, 3.05) is 19.6 Å². The number of aliphatic hydroxyl groups is 1. The van der Waals surface area contributed by atoms with Crippen LogP contribution in [0.2, 0.25) is 0 Å². The number of aliphatic hydroxyl groups excluding tert-OH is 1. The zero-order valence-electron chi connectivity index (χ0n) is 11.5. The lowest BCUT2D eigenvalue weighted by Crippen LogP contribution is -2.65. The van der Waals surface area contributed by atoms with Gasteiger partial charge in [0, 0.05) is 25.2 Å². The standard InChI is InChI=1S/C15H24N2O2/c18-12-6-14-10-5-11(9-17(14)15(19)7-12)13-3-1-2-4-16(13)8-10/h10-14,18H,1-9H2/t10-,11-,12+,13+,14-/m1/s1. The Morgan fingerprint density at radius 2 is 1.89 bits per heavy atom. The van der Waals surface area contributed by atoms with E-state index in [9.17, 15) is 9.90 Å². The van der Waals surface area contributed by atoms with E-state index in [1.54, 1.807) is 0 Å². The second kappa shape index (κ2) is 4.45. The third-order valence-electron chi connectivity index (χ3n) is 5.90. The highest BCUT2D eigenvalue weighted by Gasteiger charge is 2.49. The Bertz CT molecular complexity index is 386. The van der Waals surface area contributed by atoms with Crippen LogP contribution in [0.15, 0.2) is 0 Å². The third-order valence-corrected chi connectivity index (χ3v) is 5.90. The number of fused-ring (bicyclic) bond motifs is 6. The van der Waals surface area contributed by atoms with Crippen LogP contribution >= 0.6 is 0 Å². The van der Waals surface area contributed by atoms with Crippen LogP contribution in [0.5, 0.6) is 0 Å². The third kappa shape index (κ3) is 1.91. The van der Waals surface area contributed by atoms with Gasteiger partial charge in [0.15, 0.2) is 0 Å². The zero-order chi connectivity index (χ0) is 13.0. The Balaban J connectivity index is 1.59. The summed E-state index contributed by atoms with van der Waals surface area (Å²) < 4.78 is 0. The van der Waals surface area contributed by atoms with Gasteiger partial charge in [-0.15, -0.1) is 0 Å². The molecule has 4 heteroatoms. The van der Waals surface area contributed by atoms with Crippen molar-refractivity contribution in [3.8, 4) is 0 Å². The van der Waals surface area contributed by atoms with Crippen molar-refractivity contribution in [1.82, 2.24) is 9.80 Å². The van der Waals surface area contributed by atoms with Crippen molar-refractivity contribution in [2.24, 2.45) is 11.8 Å². The predicted molar refractivity (Wildman–Crippen MR) is 71.6 cm³/mol. The summed E-state index contributed by atoms with van der Waals surface area (Å²) in [6, 6.07) is 1.04. The summed E-state index contributed by atoms with van der Waals surface area (Å²) in [5.41, 5.74) is 0. The van der Waals surface area contributed by atoms with E-state index in [1.165, 1.54) is 32.2 Å². The van der Waals surface area contributed by atoms with Gasteiger partial charge in [-0.1, -0.05) is 6.42 Å². The highest BCUT2D eigenvalue weighted by molar-refractivity contribution is 5.78. The fourth-order valence-corrected chi connectivity index (χ4v) is 5.10. The molecule has 4 fully saturated rings. The highest BCUT2D eigenvalue weighted by atomic mass is 16.3. The molecule has 106 valence electrons. The van der Waals surface area contributed by atoms with E-state index in [0.29, 0.717) is 24.3 Å². The number of carbonyl (C=O) groups excluding carboxylic acids is 1. The number of rotatable bonds is 0. The van der Waals surface area contributed by atoms with Gasteiger partial charge in [0.05, 0.1) is 12.5 Å². The molecule has 5 atom stereocenters. The first kappa shape index (κ1) is 12.2. The normalized spacial score (nSPS) is 46.7. The maximum atomic E-state index is 12.2. The lowest BCUT2D eigenvalue weighted by molar-refractivity contribution is -0.154. The van der Waals surface area contributed by atoms with E-state index >= 15 is 0 Å². The van der Waals surface area contributed by atoms with Gasteiger partial charge in [-0.2, -0.15) is 0 Å². The zero-order valence-corrected chi connectivity index (χ0v) is 11.5. The van der Waals surface area contributed by atoms with Crippen LogP contribution in [0, 0.1) is 11.8 Å². The predicted octanol–water partition coefficient (Wildman–Crippen LogP) is 0.843. The average molecular weight is 264 g/mol. The molecule has 4 saturated heterocycles. The van der Waals surface area contributed by atoms with E-state index in [0.717, 1.165) is 25.6 Å². The second-order valence-corrected chi connectivity index (χ2v) is 7.02. The minimum atomic E-state index is -0.399. The maximum Gasteiger partial charge on any atom is 0.225 e. The summed E-state index contributed by atoms with van der Waals surface area (Å²) in [6.45, 7) is 3.36. The van der Waals surface area contributed by atoms with Crippen LogP contribution in [0.25, 0.3) is 0 Å². The van der Waals surface area contributed by atoms with E-state index in [4.69, 9.17) is 0 Å². The summed E-state index contributed by atoms with van der Waals surface area (Å²) in [5, 5.41) is 9.89. The Hall–Kier alpha value is -0.610. The number of carbonyl (C=O) groups is 1. The van der Waals surface area contributed by atoms with Gasteiger partial charge >= 0.3 is 0 Å². The molecule has 4 nitrogen and oxygen atoms in total. The molecule has 19 heavy (non-hydrogen) atoms. The average Bonchev–Trinajstić information content (AvgIpc) is 2.40. The lowest BCUT2D eigenvalue weighted by atomic mass is 9.70. The molecule has 0 saturated carbocycles. The monoisotopic (exact) mass is 264 g/mol. The summed E-state index contributed by atoms with van der Waals surface area (Å²) in [5.74, 6) is 1.49. The fraction of sp³-hybridized carbons (Fsp3) is 0.933. The number of hydrogen-bond donors (Lipinski definition) is 1. The highest BCUT2D eigenvalue weighted by Crippen LogP contribution is 2.42. The van der Waals surface area contributed by atoms with Crippen molar-refractivity contribution in [3.05, 3.63) is 0 Å². The van der Waals surface area contributed by atoms with Gasteiger partial charge in [0.2, 0.25) is 5.91 Å². The van der Waals surface area contributed by atoms with Gasteiger partial charge in [-0.3, -0.25) is 9.69 Å². The van der Waals surface area contributed by atoms with E-state index in [-0.39, 0.29) is 5.91 Å². The molecule has 1 N–H and O–H groups in total. The summed E-state index contributed by atoms with van der Waals surface area (Å²) in [6.07, 6.45) is 6.06. The summed E-state index contributed by atoms with van der Waals surface area (Å²) in [7, 11) is 0. The van der Waals surface area contributed by atoms with Crippen LogP contribution in [-0.4, -0.2) is 58.6 Å². The molecule has 4 heterocycles. The van der Waals surface area contributed by atoms with Crippen LogP contribution < -0.4 is 0 Å². The van der Waals surface area contributed by atoms with Crippen molar-refractivity contribution in [2.45, 2.75) is 56.7 Å². The van der Waals surface area contributed by atoms with Crippen LogP contribution in [0.4, 0.5) is 0 Å². The number of hydrogen-bond acceptors (Lipinski definition) is 3. The maximum absolute atomic E-state index is 12.2. The van der Waals surface area contributed by atoms with Crippen molar-refractivity contribution in [3.63, 3.8) is 0 Å². The second-order valence-electron chi connectivity index (χ2n) is 7.02. The summed E-state index contributed by atoms with van der Waals surface area (Å²) in [4.78, 5) is 17.0. The minimum absolute atomic E-state index is 0.197. The molecule has 0 aromatic heterocycles. The van der Waals surface area contributed by atoms with E-state index in [1.807, 2.05) is 0 Å². The summed E-state index contributed by atoms with van der Waals surface area (Å²) >= 11 is 0. The number of piperidine rings is 4. The molecule has 4 rings (SSSR count). The van der Waals surface area contributed by atoms with E-state index in [2.05, 4.69) is 9.80 Å². The van der Waals surface area contributed by atoms with E-state index < -0.39 is 6.10 Å². The largest absolute Gasteiger partial charge is 0.393 e. The van der Waals surface area contributed by atoms with Crippen LogP contribution in [0.1, 0.15) is 38.5 Å². The molecule has 0 spiro atoms. The molecular formula is C15H24N2O2. The molecule has 0 aliphatic carbocycles. The molecule has 0 aromatic carbocycles. The smallest absolute Gasteiger partial charge is 0.225 e. The van der Waals surface area contributed by atoms with Gasteiger partial charge in [-0.05, 0) is 44.1 Å². The molecule has 2 bridgehead atoms. The number of amides is 1. The topological polar surface area (TPSA) is 43.8 Å². The molecule has 4 aliphatic heterocycles. The molecule has 4 aliphatic rings. The number of nitrogens with zero attached hydrogens (tertiary/aromatic N) is 2. The van der Waals surface area contributed by atoms with Crippen molar-refractivity contribution in [1.29, 1.82) is 0 Å². The quantitative estimate of drug-likeness (QED) is 0.705. The van der Waals surface area contributed by atoms with Gasteiger partial charge in [-0.25, -0.2) is 0 Å². The minimum Gasteiger partial charge on any atom is -0.393 e. The molecule has 0 radical (unpaired) electrons. The molecular weight excluding hydrogens is 240 g/mol. The van der Waals surface area contributed by atoms with Gasteiger partial charge < -0.3 is 10.0 Å². The molecule has 1 amide bonds. The van der Waals surface area contributed by atoms with Crippen molar-refractivity contribution < 1.29 is 9.90 Å². The van der Waals surface area contributed by atoms with Gasteiger partial charge in [0.25, 0.3) is 0 Å². The van der Waals surface area contributed by atoms with Gasteiger partial charge in [0.1, 0.15) is 0 Å². The Morgan fingerprint density at radius 1 is 1.05 bits per heavy atom. The fourth-order valence-electron chi connectivity index (χ4n) is 5.10. The Kier molecular flexibility index (Phi) is 2.85. The van der Waals surface area contributed by atoms with Crippen LogP contribution in [0.3, 0.4) is 0 Å². The Labute approximate surface area is 114 Å². The molecule has 0 aromatic rings. The van der Waals surface area contributed by atoms with Crippen LogP contribution in [-0.2, 0) is 4.79 Å². The van der Waals surface area contributed by atoms with Crippen molar-refractivity contribution >= 4 is 5.91 Å². The Morgan fingerprint density at radius 3 is 2.79 bits per heavy atom. The first-order valence-corrected chi connectivity index (χ1v) is 7.94. The first-order valence-electron chi connectivity index (χ1n) is 7.94.